The minimum Gasteiger partial charge on any atom is -0.383 e. The van der Waals surface area contributed by atoms with Gasteiger partial charge in [0, 0.05) is 41.9 Å². The smallest absolute Gasteiger partial charge is 0.269 e. The summed E-state index contributed by atoms with van der Waals surface area (Å²) in [6.45, 7) is 2.77. The van der Waals surface area contributed by atoms with Crippen LogP contribution in [-0.4, -0.2) is 28.9 Å². The number of hydrogen-bond acceptors (Lipinski definition) is 7. The van der Waals surface area contributed by atoms with Gasteiger partial charge in [-0.3, -0.25) is 14.9 Å². The van der Waals surface area contributed by atoms with E-state index in [2.05, 4.69) is 15.6 Å². The van der Waals surface area contributed by atoms with Gasteiger partial charge in [-0.1, -0.05) is 0 Å². The SMILES string of the molecule is Cc1nc(-c2ccsc2)sc1C(=O)NCCNc1ccc([N+](=O)[O-])cc1. The number of thiazole rings is 1. The summed E-state index contributed by atoms with van der Waals surface area (Å²) >= 11 is 2.98. The van der Waals surface area contributed by atoms with Crippen LogP contribution in [0.5, 0.6) is 0 Å². The fraction of sp³-hybridized carbons (Fsp3) is 0.176. The van der Waals surface area contributed by atoms with Crippen molar-refractivity contribution in [2.75, 3.05) is 18.4 Å². The van der Waals surface area contributed by atoms with Crippen molar-refractivity contribution in [3.05, 3.63) is 61.8 Å². The third-order valence-corrected chi connectivity index (χ3v) is 5.48. The van der Waals surface area contributed by atoms with Crippen LogP contribution in [0.4, 0.5) is 11.4 Å². The molecule has 9 heteroatoms. The number of aromatic nitrogens is 1. The molecular formula is C17H16N4O3S2. The molecule has 26 heavy (non-hydrogen) atoms. The van der Waals surface area contributed by atoms with E-state index in [1.54, 1.807) is 23.5 Å². The van der Waals surface area contributed by atoms with Gasteiger partial charge in [0.05, 0.1) is 10.6 Å². The Kier molecular flexibility index (Phi) is 5.59. The molecule has 0 bridgehead atoms. The van der Waals surface area contributed by atoms with Crippen molar-refractivity contribution >= 4 is 40.0 Å². The zero-order valence-electron chi connectivity index (χ0n) is 13.9. The van der Waals surface area contributed by atoms with Crippen LogP contribution in [0.2, 0.25) is 0 Å². The summed E-state index contributed by atoms with van der Waals surface area (Å²) in [6, 6.07) is 8.14. The molecule has 0 atom stereocenters. The van der Waals surface area contributed by atoms with E-state index in [4.69, 9.17) is 0 Å². The number of amides is 1. The highest BCUT2D eigenvalue weighted by Crippen LogP contribution is 2.29. The maximum absolute atomic E-state index is 12.3. The number of nitro groups is 1. The highest BCUT2D eigenvalue weighted by atomic mass is 32.1. The van der Waals surface area contributed by atoms with Gasteiger partial charge in [-0.25, -0.2) is 4.98 Å². The zero-order valence-corrected chi connectivity index (χ0v) is 15.5. The Morgan fingerprint density at radius 2 is 2.00 bits per heavy atom. The molecule has 3 rings (SSSR count). The number of hydrogen-bond donors (Lipinski definition) is 2. The topological polar surface area (TPSA) is 97.2 Å². The summed E-state index contributed by atoms with van der Waals surface area (Å²) < 4.78 is 0. The van der Waals surface area contributed by atoms with Crippen molar-refractivity contribution in [1.82, 2.24) is 10.3 Å². The van der Waals surface area contributed by atoms with E-state index < -0.39 is 4.92 Å². The quantitative estimate of drug-likeness (QED) is 0.363. The fourth-order valence-electron chi connectivity index (χ4n) is 2.28. The lowest BCUT2D eigenvalue weighted by molar-refractivity contribution is -0.384. The molecule has 0 saturated heterocycles. The number of nitro benzene ring substituents is 1. The largest absolute Gasteiger partial charge is 0.383 e. The van der Waals surface area contributed by atoms with Gasteiger partial charge >= 0.3 is 0 Å². The lowest BCUT2D eigenvalue weighted by Gasteiger charge is -2.07. The molecule has 0 radical (unpaired) electrons. The maximum Gasteiger partial charge on any atom is 0.269 e. The molecule has 2 N–H and O–H groups in total. The molecule has 1 amide bonds. The van der Waals surface area contributed by atoms with E-state index in [0.29, 0.717) is 18.0 Å². The standard InChI is InChI=1S/C17H16N4O3S2/c1-11-15(26-17(20-11)12-6-9-25-10-12)16(22)19-8-7-18-13-2-4-14(5-3-13)21(23)24/h2-6,9-10,18H,7-8H2,1H3,(H,19,22). The molecule has 1 aromatic carbocycles. The number of rotatable bonds is 7. The van der Waals surface area contributed by atoms with Crippen LogP contribution in [-0.2, 0) is 0 Å². The first kappa shape index (κ1) is 18.0. The van der Waals surface area contributed by atoms with Crippen molar-refractivity contribution in [1.29, 1.82) is 0 Å². The van der Waals surface area contributed by atoms with Gasteiger partial charge in [-0.2, -0.15) is 11.3 Å². The monoisotopic (exact) mass is 388 g/mol. The van der Waals surface area contributed by atoms with Crippen LogP contribution in [0.1, 0.15) is 15.4 Å². The molecule has 7 nitrogen and oxygen atoms in total. The molecule has 2 aromatic heterocycles. The summed E-state index contributed by atoms with van der Waals surface area (Å²) in [5.41, 5.74) is 2.56. The molecule has 0 aliphatic carbocycles. The zero-order chi connectivity index (χ0) is 18.5. The maximum atomic E-state index is 12.3. The Bertz CT molecular complexity index is 905. The Hall–Kier alpha value is -2.78. The third kappa shape index (κ3) is 4.24. The second kappa shape index (κ2) is 8.07. The number of aryl methyl sites for hydroxylation is 1. The van der Waals surface area contributed by atoms with Crippen LogP contribution >= 0.6 is 22.7 Å². The van der Waals surface area contributed by atoms with E-state index in [0.717, 1.165) is 22.0 Å². The van der Waals surface area contributed by atoms with Gasteiger partial charge in [0.15, 0.2) is 0 Å². The van der Waals surface area contributed by atoms with Crippen LogP contribution in [0.25, 0.3) is 10.6 Å². The van der Waals surface area contributed by atoms with Gasteiger partial charge in [-0.05, 0) is 30.5 Å². The van der Waals surface area contributed by atoms with Crippen molar-refractivity contribution in [2.24, 2.45) is 0 Å². The predicted octanol–water partition coefficient (Wildman–Crippen LogP) is 3.93. The highest BCUT2D eigenvalue weighted by molar-refractivity contribution is 7.17. The van der Waals surface area contributed by atoms with E-state index in [1.807, 2.05) is 23.8 Å². The third-order valence-electron chi connectivity index (χ3n) is 3.59. The first-order valence-corrected chi connectivity index (χ1v) is 9.57. The van der Waals surface area contributed by atoms with Crippen molar-refractivity contribution < 1.29 is 9.72 Å². The van der Waals surface area contributed by atoms with Crippen LogP contribution in [0.15, 0.2) is 41.1 Å². The molecular weight excluding hydrogens is 372 g/mol. The van der Waals surface area contributed by atoms with Crippen molar-refractivity contribution in [3.63, 3.8) is 0 Å². The van der Waals surface area contributed by atoms with Gasteiger partial charge in [-0.15, -0.1) is 11.3 Å². The number of nitrogens with one attached hydrogen (secondary N) is 2. The summed E-state index contributed by atoms with van der Waals surface area (Å²) in [7, 11) is 0. The molecule has 2 heterocycles. The molecule has 3 aromatic rings. The number of carbonyl (C=O) groups excluding carboxylic acids is 1. The highest BCUT2D eigenvalue weighted by Gasteiger charge is 2.16. The molecule has 0 saturated carbocycles. The average molecular weight is 388 g/mol. The lowest BCUT2D eigenvalue weighted by Crippen LogP contribution is -2.28. The molecule has 0 fully saturated rings. The van der Waals surface area contributed by atoms with E-state index in [-0.39, 0.29) is 11.6 Å². The van der Waals surface area contributed by atoms with Crippen LogP contribution in [0.3, 0.4) is 0 Å². The number of anilines is 1. The van der Waals surface area contributed by atoms with Gasteiger partial charge in [0.1, 0.15) is 9.88 Å². The molecule has 0 spiro atoms. The predicted molar refractivity (Wildman–Crippen MR) is 104 cm³/mol. The van der Waals surface area contributed by atoms with Gasteiger partial charge in [0.25, 0.3) is 11.6 Å². The van der Waals surface area contributed by atoms with Gasteiger partial charge < -0.3 is 10.6 Å². The average Bonchev–Trinajstić information content (AvgIpc) is 3.28. The number of thiophene rings is 1. The van der Waals surface area contributed by atoms with Gasteiger partial charge in [0.2, 0.25) is 0 Å². The molecule has 0 aliphatic heterocycles. The second-order valence-electron chi connectivity index (χ2n) is 5.43. The fourth-order valence-corrected chi connectivity index (χ4v) is 3.97. The number of nitrogens with zero attached hydrogens (tertiary/aromatic N) is 2. The Balaban J connectivity index is 1.51. The minimum atomic E-state index is -0.439. The second-order valence-corrected chi connectivity index (χ2v) is 7.21. The number of benzene rings is 1. The number of non-ortho nitro benzene ring substituents is 1. The summed E-state index contributed by atoms with van der Waals surface area (Å²) in [5.74, 6) is -0.146. The lowest BCUT2D eigenvalue weighted by atomic mass is 10.3. The Morgan fingerprint density at radius 3 is 2.65 bits per heavy atom. The van der Waals surface area contributed by atoms with Crippen LogP contribution < -0.4 is 10.6 Å². The van der Waals surface area contributed by atoms with Crippen LogP contribution in [0, 0.1) is 17.0 Å². The summed E-state index contributed by atoms with van der Waals surface area (Å²) in [5, 5.41) is 21.4. The Morgan fingerprint density at radius 1 is 1.23 bits per heavy atom. The minimum absolute atomic E-state index is 0.0472. The van der Waals surface area contributed by atoms with Crippen molar-refractivity contribution in [3.8, 4) is 10.6 Å². The van der Waals surface area contributed by atoms with E-state index in [9.17, 15) is 14.9 Å². The normalized spacial score (nSPS) is 10.5. The Labute approximate surface area is 157 Å². The molecule has 134 valence electrons. The summed E-state index contributed by atoms with van der Waals surface area (Å²) in [6.07, 6.45) is 0. The molecule has 0 unspecified atom stereocenters. The first-order chi connectivity index (χ1) is 12.5. The van der Waals surface area contributed by atoms with E-state index >= 15 is 0 Å². The van der Waals surface area contributed by atoms with Crippen molar-refractivity contribution in [2.45, 2.75) is 6.92 Å². The first-order valence-electron chi connectivity index (χ1n) is 7.81. The molecule has 0 aliphatic rings. The summed E-state index contributed by atoms with van der Waals surface area (Å²) in [4.78, 5) is 27.6. The van der Waals surface area contributed by atoms with E-state index in [1.165, 1.54) is 23.5 Å². The number of carbonyl (C=O) groups is 1.